The van der Waals surface area contributed by atoms with Gasteiger partial charge in [-0.05, 0) is 31.5 Å². The molecule has 5 rings (SSSR count). The molecule has 3 aromatic rings. The van der Waals surface area contributed by atoms with Crippen LogP contribution in [0.1, 0.15) is 40.1 Å². The van der Waals surface area contributed by atoms with E-state index >= 15 is 0 Å². The van der Waals surface area contributed by atoms with Crippen LogP contribution in [0.2, 0.25) is 5.02 Å². The summed E-state index contributed by atoms with van der Waals surface area (Å²) in [4.78, 5) is 20.7. The van der Waals surface area contributed by atoms with Gasteiger partial charge in [0.1, 0.15) is 0 Å². The van der Waals surface area contributed by atoms with Gasteiger partial charge in [0, 0.05) is 71.1 Å². The minimum Gasteiger partial charge on any atom is -0.505 e. The molecule has 9 nitrogen and oxygen atoms in total. The van der Waals surface area contributed by atoms with E-state index in [9.17, 15) is 23.6 Å². The van der Waals surface area contributed by atoms with Crippen molar-refractivity contribution in [3.05, 3.63) is 38.8 Å². The van der Waals surface area contributed by atoms with Gasteiger partial charge < -0.3 is 15.3 Å². The summed E-state index contributed by atoms with van der Waals surface area (Å²) in [6, 6.07) is 6.73. The van der Waals surface area contributed by atoms with Crippen LogP contribution in [0.4, 0.5) is 0 Å². The lowest BCUT2D eigenvalue weighted by Gasteiger charge is -2.40. The van der Waals surface area contributed by atoms with Crippen molar-refractivity contribution in [2.45, 2.75) is 49.0 Å². The largest absolute Gasteiger partial charge is 0.505 e. The van der Waals surface area contributed by atoms with Gasteiger partial charge in [-0.1, -0.05) is 11.6 Å². The SMILES string of the molecule is CC1Cc2nc(C(=O)N3CCN(S(=O)(=O)c4sc5cc(Cl)ccc5c4O)CC3CCC#N)sc2CN1. The van der Waals surface area contributed by atoms with Gasteiger partial charge in [0.15, 0.2) is 15.0 Å². The van der Waals surface area contributed by atoms with Crippen LogP contribution >= 0.6 is 34.3 Å². The first kappa shape index (κ1) is 25.4. The zero-order valence-corrected chi connectivity index (χ0v) is 22.6. The Hall–Kier alpha value is -2.27. The number of benzene rings is 1. The quantitative estimate of drug-likeness (QED) is 0.484. The Labute approximate surface area is 222 Å². The average molecular weight is 566 g/mol. The molecular formula is C23H24ClN5O4S3. The number of carbonyl (C=O) groups is 1. The molecule has 0 radical (unpaired) electrons. The van der Waals surface area contributed by atoms with E-state index in [-0.39, 0.29) is 41.9 Å². The number of nitrogens with one attached hydrogen (secondary N) is 1. The molecule has 2 aliphatic rings. The highest BCUT2D eigenvalue weighted by atomic mass is 35.5. The number of sulfonamides is 1. The van der Waals surface area contributed by atoms with Gasteiger partial charge in [-0.3, -0.25) is 4.79 Å². The van der Waals surface area contributed by atoms with Crippen LogP contribution < -0.4 is 5.32 Å². The molecule has 0 aliphatic carbocycles. The molecule has 2 unspecified atom stereocenters. The average Bonchev–Trinajstić information content (AvgIpc) is 3.42. The van der Waals surface area contributed by atoms with Gasteiger partial charge in [-0.15, -0.1) is 22.7 Å². The standard InChI is InChI=1S/C23H24ClN5O4S3/c1-13-9-17-19(11-26-13)34-21(27-17)22(31)29-8-7-28(12-15(29)3-2-6-25)36(32,33)23-20(30)16-5-4-14(24)10-18(16)35-23/h4-5,10,13,15,26,30H,2-3,7-9,11-12H2,1H3. The minimum atomic E-state index is -4.03. The van der Waals surface area contributed by atoms with Crippen molar-refractivity contribution < 1.29 is 18.3 Å². The van der Waals surface area contributed by atoms with Crippen LogP contribution in [0.5, 0.6) is 5.75 Å². The number of piperazine rings is 1. The lowest BCUT2D eigenvalue weighted by atomic mass is 10.1. The molecule has 2 aliphatic heterocycles. The number of carbonyl (C=O) groups excluding carboxylic acids is 1. The number of aromatic hydroxyl groups is 1. The van der Waals surface area contributed by atoms with Gasteiger partial charge >= 0.3 is 0 Å². The molecule has 0 saturated carbocycles. The van der Waals surface area contributed by atoms with Gasteiger partial charge in [0.2, 0.25) is 0 Å². The monoisotopic (exact) mass is 565 g/mol. The first-order chi connectivity index (χ1) is 17.2. The summed E-state index contributed by atoms with van der Waals surface area (Å²) < 4.78 is 28.8. The molecule has 2 atom stereocenters. The van der Waals surface area contributed by atoms with E-state index in [2.05, 4.69) is 23.3 Å². The first-order valence-corrected chi connectivity index (χ1v) is 14.9. The van der Waals surface area contributed by atoms with E-state index in [4.69, 9.17) is 11.6 Å². The third-order valence-electron chi connectivity index (χ3n) is 6.54. The van der Waals surface area contributed by atoms with Crippen LogP contribution in [0.25, 0.3) is 10.1 Å². The maximum Gasteiger partial charge on any atom is 0.283 e. The Morgan fingerprint density at radius 3 is 2.94 bits per heavy atom. The Morgan fingerprint density at radius 1 is 1.36 bits per heavy atom. The number of hydrogen-bond donors (Lipinski definition) is 2. The van der Waals surface area contributed by atoms with Crippen LogP contribution in [0, 0.1) is 11.3 Å². The van der Waals surface area contributed by atoms with Crippen molar-refractivity contribution in [2.24, 2.45) is 0 Å². The second-order valence-electron chi connectivity index (χ2n) is 8.97. The maximum absolute atomic E-state index is 13.5. The smallest absolute Gasteiger partial charge is 0.283 e. The number of amides is 1. The predicted molar refractivity (Wildman–Crippen MR) is 139 cm³/mol. The van der Waals surface area contributed by atoms with Crippen molar-refractivity contribution in [1.29, 1.82) is 5.26 Å². The molecule has 13 heteroatoms. The number of aromatic nitrogens is 1. The molecule has 1 saturated heterocycles. The molecule has 1 fully saturated rings. The summed E-state index contributed by atoms with van der Waals surface area (Å²) in [5.74, 6) is -0.531. The molecule has 2 N–H and O–H groups in total. The van der Waals surface area contributed by atoms with E-state index in [0.29, 0.717) is 39.1 Å². The molecule has 2 aromatic heterocycles. The summed E-state index contributed by atoms with van der Waals surface area (Å²) in [7, 11) is -4.03. The fourth-order valence-corrected chi connectivity index (χ4v) is 9.03. The van der Waals surface area contributed by atoms with Gasteiger partial charge in [-0.2, -0.15) is 9.57 Å². The Bertz CT molecular complexity index is 1480. The number of hydrogen-bond acceptors (Lipinski definition) is 9. The maximum atomic E-state index is 13.5. The van der Waals surface area contributed by atoms with Gasteiger partial charge in [-0.25, -0.2) is 13.4 Å². The van der Waals surface area contributed by atoms with E-state index in [0.717, 1.165) is 28.3 Å². The van der Waals surface area contributed by atoms with Crippen molar-refractivity contribution in [2.75, 3.05) is 19.6 Å². The molecule has 4 heterocycles. The molecule has 1 aromatic carbocycles. The number of fused-ring (bicyclic) bond motifs is 2. The number of rotatable bonds is 5. The number of nitrogens with zero attached hydrogens (tertiary/aromatic N) is 4. The fourth-order valence-electron chi connectivity index (χ4n) is 4.64. The first-order valence-electron chi connectivity index (χ1n) is 11.5. The van der Waals surface area contributed by atoms with Gasteiger partial charge in [0.25, 0.3) is 15.9 Å². The van der Waals surface area contributed by atoms with E-state index < -0.39 is 16.1 Å². The summed E-state index contributed by atoms with van der Waals surface area (Å²) in [6.07, 6.45) is 1.28. The summed E-state index contributed by atoms with van der Waals surface area (Å²) in [6.45, 7) is 3.03. The van der Waals surface area contributed by atoms with E-state index in [1.54, 1.807) is 23.1 Å². The number of halogens is 1. The van der Waals surface area contributed by atoms with Crippen molar-refractivity contribution in [3.8, 4) is 11.8 Å². The third-order valence-corrected chi connectivity index (χ3v) is 11.3. The zero-order chi connectivity index (χ0) is 25.6. The molecule has 1 amide bonds. The van der Waals surface area contributed by atoms with E-state index in [1.165, 1.54) is 15.6 Å². The molecule has 0 bridgehead atoms. The molecule has 190 valence electrons. The van der Waals surface area contributed by atoms with E-state index in [1.807, 2.05) is 0 Å². The van der Waals surface area contributed by atoms with Crippen LogP contribution in [-0.2, 0) is 23.0 Å². The Kier molecular flexibility index (Phi) is 6.97. The molecule has 36 heavy (non-hydrogen) atoms. The minimum absolute atomic E-state index is 0.0356. The Morgan fingerprint density at radius 2 is 2.17 bits per heavy atom. The van der Waals surface area contributed by atoms with Gasteiger partial charge in [0.05, 0.1) is 11.8 Å². The Balaban J connectivity index is 1.41. The van der Waals surface area contributed by atoms with Crippen LogP contribution in [-0.4, -0.2) is 65.3 Å². The summed E-state index contributed by atoms with van der Waals surface area (Å²) in [5, 5.41) is 24.5. The predicted octanol–water partition coefficient (Wildman–Crippen LogP) is 3.57. The van der Waals surface area contributed by atoms with Crippen molar-refractivity contribution >= 4 is 60.3 Å². The fraction of sp³-hybridized carbons (Fsp3) is 0.435. The number of thiazole rings is 1. The highest BCUT2D eigenvalue weighted by molar-refractivity contribution is 7.91. The van der Waals surface area contributed by atoms with Crippen molar-refractivity contribution in [3.63, 3.8) is 0 Å². The zero-order valence-electron chi connectivity index (χ0n) is 19.4. The number of thiophene rings is 1. The lowest BCUT2D eigenvalue weighted by Crippen LogP contribution is -2.56. The van der Waals surface area contributed by atoms with Crippen LogP contribution in [0.15, 0.2) is 22.4 Å². The lowest BCUT2D eigenvalue weighted by molar-refractivity contribution is 0.0552. The highest BCUT2D eigenvalue weighted by Crippen LogP contribution is 2.42. The normalized spacial score (nSPS) is 20.9. The molecule has 0 spiro atoms. The van der Waals surface area contributed by atoms with Crippen LogP contribution in [0.3, 0.4) is 0 Å². The second kappa shape index (κ2) is 9.89. The number of nitriles is 1. The van der Waals surface area contributed by atoms with Crippen molar-refractivity contribution in [1.82, 2.24) is 19.5 Å². The highest BCUT2D eigenvalue weighted by Gasteiger charge is 2.39. The third kappa shape index (κ3) is 4.60. The second-order valence-corrected chi connectivity index (χ2v) is 13.7. The summed E-state index contributed by atoms with van der Waals surface area (Å²) in [5.41, 5.74) is 0.935. The summed E-state index contributed by atoms with van der Waals surface area (Å²) >= 11 is 8.38. The molecular weight excluding hydrogens is 542 g/mol. The topological polar surface area (TPSA) is 127 Å².